The van der Waals surface area contributed by atoms with E-state index in [1.807, 2.05) is 0 Å². The normalized spacial score (nSPS) is 23.1. The van der Waals surface area contributed by atoms with E-state index < -0.39 is 0 Å². The van der Waals surface area contributed by atoms with E-state index in [9.17, 15) is 0 Å². The molecule has 4 heteroatoms. The second-order valence-electron chi connectivity index (χ2n) is 12.3. The summed E-state index contributed by atoms with van der Waals surface area (Å²) in [5, 5.41) is 0. The van der Waals surface area contributed by atoms with Gasteiger partial charge in [0.15, 0.2) is 0 Å². The minimum absolute atomic E-state index is 0.496. The van der Waals surface area contributed by atoms with Gasteiger partial charge in [0.05, 0.1) is 9.16 Å². The standard InChI is InChI=1S/C11H22.C8H16S2.C7H14S2/c1-11(2,3)10-8-6-4-5-7-9-10;1-8(2,3)7-9-5-4-6-10-7;1-7(2,3)6-8-4-5-9-6/h10H,4-9H2,1-3H3;7H,4-6H2,1-3H3;6H,4-5H2,1-3H3. The molecule has 0 amide bonds. The largest absolute Gasteiger partial charge is 0.147 e. The quantitative estimate of drug-likeness (QED) is 0.308. The molecule has 0 spiro atoms. The average molecular weight is 493 g/mol. The fourth-order valence-corrected chi connectivity index (χ4v) is 10.3. The van der Waals surface area contributed by atoms with Gasteiger partial charge in [-0.05, 0) is 52.9 Å². The molecule has 30 heavy (non-hydrogen) atoms. The van der Waals surface area contributed by atoms with Crippen molar-refractivity contribution >= 4 is 47.0 Å². The van der Waals surface area contributed by atoms with Crippen molar-refractivity contribution in [1.82, 2.24) is 0 Å². The van der Waals surface area contributed by atoms with Crippen LogP contribution in [0.15, 0.2) is 0 Å². The lowest BCUT2D eigenvalue weighted by molar-refractivity contribution is 0.215. The van der Waals surface area contributed by atoms with Crippen LogP contribution in [0.4, 0.5) is 0 Å². The van der Waals surface area contributed by atoms with Crippen LogP contribution in [0, 0.1) is 22.2 Å². The smallest absolute Gasteiger partial charge is 0.0551 e. The Morgan fingerprint density at radius 2 is 0.800 bits per heavy atom. The maximum Gasteiger partial charge on any atom is 0.0551 e. The van der Waals surface area contributed by atoms with Gasteiger partial charge >= 0.3 is 0 Å². The summed E-state index contributed by atoms with van der Waals surface area (Å²) in [5.41, 5.74) is 1.56. The first-order valence-electron chi connectivity index (χ1n) is 12.3. The Balaban J connectivity index is 0.000000226. The first-order chi connectivity index (χ1) is 13.8. The van der Waals surface area contributed by atoms with E-state index >= 15 is 0 Å². The lowest BCUT2D eigenvalue weighted by Crippen LogP contribution is -2.23. The summed E-state index contributed by atoms with van der Waals surface area (Å²) in [5.74, 6) is 6.44. The summed E-state index contributed by atoms with van der Waals surface area (Å²) in [4.78, 5) is 0. The SMILES string of the molecule is CC(C)(C)C1CCCCCC1.CC(C)(C)C1SCCCS1.CC(C)(C)C1SCCS1. The molecule has 0 nitrogen and oxygen atoms in total. The second-order valence-corrected chi connectivity index (χ2v) is 17.7. The third-order valence-corrected chi connectivity index (χ3v) is 13.8. The molecule has 2 heterocycles. The third-order valence-electron chi connectivity index (χ3n) is 5.94. The average Bonchev–Trinajstić information content (AvgIpc) is 3.05. The molecule has 0 aromatic heterocycles. The van der Waals surface area contributed by atoms with E-state index in [1.165, 1.54) is 68.0 Å². The lowest BCUT2D eigenvalue weighted by atomic mass is 9.76. The molecule has 0 atom stereocenters. The van der Waals surface area contributed by atoms with E-state index in [4.69, 9.17) is 0 Å². The van der Waals surface area contributed by atoms with Crippen molar-refractivity contribution in [2.45, 2.75) is 116 Å². The highest BCUT2D eigenvalue weighted by Gasteiger charge is 2.29. The summed E-state index contributed by atoms with van der Waals surface area (Å²) in [6.45, 7) is 21.2. The van der Waals surface area contributed by atoms with E-state index in [1.54, 1.807) is 0 Å². The molecule has 0 radical (unpaired) electrons. The van der Waals surface area contributed by atoms with Crippen molar-refractivity contribution < 1.29 is 0 Å². The van der Waals surface area contributed by atoms with Gasteiger partial charge in [0, 0.05) is 11.5 Å². The highest BCUT2D eigenvalue weighted by molar-refractivity contribution is 8.20. The molecular weight excluding hydrogens is 441 g/mol. The molecule has 3 rings (SSSR count). The van der Waals surface area contributed by atoms with Gasteiger partial charge in [-0.15, -0.1) is 47.0 Å². The van der Waals surface area contributed by atoms with Gasteiger partial charge in [-0.2, -0.15) is 0 Å². The molecule has 2 aliphatic heterocycles. The summed E-state index contributed by atoms with van der Waals surface area (Å²) >= 11 is 8.49. The van der Waals surface area contributed by atoms with Crippen LogP contribution in [-0.2, 0) is 0 Å². The predicted octanol–water partition coefficient (Wildman–Crippen LogP) is 10.1. The predicted molar refractivity (Wildman–Crippen MR) is 152 cm³/mol. The number of hydrogen-bond donors (Lipinski definition) is 0. The van der Waals surface area contributed by atoms with E-state index in [0.29, 0.717) is 16.2 Å². The molecule has 0 aromatic carbocycles. The minimum Gasteiger partial charge on any atom is -0.147 e. The van der Waals surface area contributed by atoms with Crippen molar-refractivity contribution in [3.05, 3.63) is 0 Å². The molecule has 1 saturated carbocycles. The van der Waals surface area contributed by atoms with Crippen LogP contribution >= 0.6 is 47.0 Å². The molecule has 180 valence electrons. The van der Waals surface area contributed by atoms with Crippen molar-refractivity contribution in [2.75, 3.05) is 23.0 Å². The Kier molecular flexibility index (Phi) is 13.7. The molecule has 0 aromatic rings. The van der Waals surface area contributed by atoms with Crippen LogP contribution in [-0.4, -0.2) is 32.2 Å². The molecule has 0 bridgehead atoms. The van der Waals surface area contributed by atoms with E-state index in [-0.39, 0.29) is 0 Å². The first kappa shape index (κ1) is 29.4. The molecule has 0 N–H and O–H groups in total. The fourth-order valence-electron chi connectivity index (χ4n) is 3.99. The minimum atomic E-state index is 0.496. The Labute approximate surface area is 207 Å². The molecule has 1 aliphatic carbocycles. The van der Waals surface area contributed by atoms with Gasteiger partial charge in [-0.1, -0.05) is 88.0 Å². The van der Waals surface area contributed by atoms with Crippen molar-refractivity contribution in [2.24, 2.45) is 22.2 Å². The van der Waals surface area contributed by atoms with Gasteiger partial charge in [0.1, 0.15) is 0 Å². The Hall–Kier alpha value is 1.40. The van der Waals surface area contributed by atoms with Crippen LogP contribution in [0.1, 0.15) is 107 Å². The van der Waals surface area contributed by atoms with E-state index in [0.717, 1.165) is 15.1 Å². The van der Waals surface area contributed by atoms with Gasteiger partial charge in [-0.3, -0.25) is 0 Å². The highest BCUT2D eigenvalue weighted by atomic mass is 32.2. The van der Waals surface area contributed by atoms with Gasteiger partial charge in [0.2, 0.25) is 0 Å². The molecule has 3 fully saturated rings. The van der Waals surface area contributed by atoms with Gasteiger partial charge < -0.3 is 0 Å². The summed E-state index contributed by atoms with van der Waals surface area (Å²) in [7, 11) is 0. The molecular formula is C26H52S4. The van der Waals surface area contributed by atoms with Crippen molar-refractivity contribution in [1.29, 1.82) is 0 Å². The van der Waals surface area contributed by atoms with Crippen LogP contribution in [0.25, 0.3) is 0 Å². The van der Waals surface area contributed by atoms with Crippen molar-refractivity contribution in [3.8, 4) is 0 Å². The van der Waals surface area contributed by atoms with Gasteiger partial charge in [0.25, 0.3) is 0 Å². The number of hydrogen-bond acceptors (Lipinski definition) is 4. The van der Waals surface area contributed by atoms with Crippen LogP contribution in [0.3, 0.4) is 0 Å². The molecule has 3 aliphatic rings. The Bertz CT molecular complexity index is 421. The van der Waals surface area contributed by atoms with E-state index in [2.05, 4.69) is 109 Å². The summed E-state index contributed by atoms with van der Waals surface area (Å²) in [6.07, 6.45) is 10.3. The maximum atomic E-state index is 2.39. The first-order valence-corrected chi connectivity index (χ1v) is 16.5. The Morgan fingerprint density at radius 3 is 1.10 bits per heavy atom. The topological polar surface area (TPSA) is 0 Å². The number of thioether (sulfide) groups is 4. The van der Waals surface area contributed by atoms with Gasteiger partial charge in [-0.25, -0.2) is 0 Å². The summed E-state index contributed by atoms with van der Waals surface area (Å²) < 4.78 is 1.68. The zero-order chi connectivity index (χ0) is 22.8. The van der Waals surface area contributed by atoms with Crippen molar-refractivity contribution in [3.63, 3.8) is 0 Å². The lowest BCUT2D eigenvalue weighted by Gasteiger charge is -2.32. The molecule has 2 saturated heterocycles. The van der Waals surface area contributed by atoms with Crippen LogP contribution in [0.2, 0.25) is 0 Å². The third kappa shape index (κ3) is 12.6. The monoisotopic (exact) mass is 492 g/mol. The number of rotatable bonds is 0. The van der Waals surface area contributed by atoms with Crippen LogP contribution < -0.4 is 0 Å². The summed E-state index contributed by atoms with van der Waals surface area (Å²) in [6, 6.07) is 0. The fraction of sp³-hybridized carbons (Fsp3) is 1.00. The molecule has 0 unspecified atom stereocenters. The highest BCUT2D eigenvalue weighted by Crippen LogP contribution is 2.43. The Morgan fingerprint density at radius 1 is 0.433 bits per heavy atom. The van der Waals surface area contributed by atoms with Crippen LogP contribution in [0.5, 0.6) is 0 Å². The second kappa shape index (κ2) is 14.0. The zero-order valence-corrected chi connectivity index (χ0v) is 24.9. The zero-order valence-electron chi connectivity index (χ0n) is 21.6. The maximum absolute atomic E-state index is 2.39.